The maximum absolute atomic E-state index is 12.0. The van der Waals surface area contributed by atoms with Crippen LogP contribution in [-0.4, -0.2) is 30.5 Å². The molecule has 0 radical (unpaired) electrons. The van der Waals surface area contributed by atoms with Gasteiger partial charge < -0.3 is 10.2 Å². The molecule has 0 aliphatic heterocycles. The molecule has 0 aliphatic carbocycles. The largest absolute Gasteiger partial charge is 0.349 e. The average molecular weight is 306 g/mol. The summed E-state index contributed by atoms with van der Waals surface area (Å²) in [6.07, 6.45) is 0.957. The Morgan fingerprint density at radius 3 is 2.76 bits per heavy atom. The number of aromatic nitrogens is 1. The molecule has 0 fully saturated rings. The zero-order chi connectivity index (χ0) is 15.4. The van der Waals surface area contributed by atoms with E-state index in [9.17, 15) is 4.79 Å². The first-order chi connectivity index (χ1) is 10.0. The van der Waals surface area contributed by atoms with Crippen molar-refractivity contribution in [2.75, 3.05) is 13.6 Å². The number of amides is 1. The van der Waals surface area contributed by atoms with Crippen LogP contribution in [0.1, 0.15) is 38.2 Å². The molecule has 5 heteroatoms. The fourth-order valence-corrected chi connectivity index (χ4v) is 3.23. The van der Waals surface area contributed by atoms with E-state index < -0.39 is 0 Å². The SMILES string of the molecule is CC[C@H](C)NC(=O)C[NH+](C)[C@@H](C)c1nc2ccccc2s1. The number of nitrogens with one attached hydrogen (secondary N) is 2. The van der Waals surface area contributed by atoms with Crippen LogP contribution in [0.3, 0.4) is 0 Å². The van der Waals surface area contributed by atoms with E-state index in [1.54, 1.807) is 11.3 Å². The second-order valence-corrected chi connectivity index (χ2v) is 6.70. The molecule has 0 bridgehead atoms. The highest BCUT2D eigenvalue weighted by Crippen LogP contribution is 2.24. The normalized spacial score (nSPS) is 15.6. The molecule has 2 rings (SSSR count). The third-order valence-electron chi connectivity index (χ3n) is 3.88. The number of thiazole rings is 1. The van der Waals surface area contributed by atoms with Crippen molar-refractivity contribution in [3.8, 4) is 0 Å². The van der Waals surface area contributed by atoms with Gasteiger partial charge in [-0.25, -0.2) is 4.98 Å². The number of rotatable bonds is 6. The third-order valence-corrected chi connectivity index (χ3v) is 5.10. The molecular weight excluding hydrogens is 282 g/mol. The highest BCUT2D eigenvalue weighted by Gasteiger charge is 2.22. The molecule has 21 heavy (non-hydrogen) atoms. The van der Waals surface area contributed by atoms with Crippen LogP contribution in [0.25, 0.3) is 10.2 Å². The summed E-state index contributed by atoms with van der Waals surface area (Å²) in [7, 11) is 2.05. The van der Waals surface area contributed by atoms with E-state index in [-0.39, 0.29) is 18.0 Å². The van der Waals surface area contributed by atoms with E-state index in [0.29, 0.717) is 6.54 Å². The Labute approximate surface area is 130 Å². The Morgan fingerprint density at radius 1 is 1.38 bits per heavy atom. The van der Waals surface area contributed by atoms with Gasteiger partial charge >= 0.3 is 0 Å². The van der Waals surface area contributed by atoms with Crippen LogP contribution in [0.2, 0.25) is 0 Å². The van der Waals surface area contributed by atoms with E-state index >= 15 is 0 Å². The molecule has 0 saturated heterocycles. The predicted molar refractivity (Wildman–Crippen MR) is 87.7 cm³/mol. The van der Waals surface area contributed by atoms with E-state index in [0.717, 1.165) is 21.8 Å². The molecule has 4 nitrogen and oxygen atoms in total. The van der Waals surface area contributed by atoms with Gasteiger partial charge in [0.1, 0.15) is 6.04 Å². The minimum Gasteiger partial charge on any atom is -0.349 e. The third kappa shape index (κ3) is 4.02. The zero-order valence-electron chi connectivity index (χ0n) is 13.1. The smallest absolute Gasteiger partial charge is 0.275 e. The summed E-state index contributed by atoms with van der Waals surface area (Å²) in [5.41, 5.74) is 1.04. The van der Waals surface area contributed by atoms with Gasteiger partial charge in [-0.2, -0.15) is 0 Å². The first kappa shape index (κ1) is 15.9. The van der Waals surface area contributed by atoms with Crippen molar-refractivity contribution in [1.82, 2.24) is 10.3 Å². The summed E-state index contributed by atoms with van der Waals surface area (Å²) < 4.78 is 1.20. The quantitative estimate of drug-likeness (QED) is 0.855. The van der Waals surface area contributed by atoms with Crippen molar-refractivity contribution in [3.05, 3.63) is 29.3 Å². The van der Waals surface area contributed by atoms with Crippen LogP contribution in [0.4, 0.5) is 0 Å². The minimum atomic E-state index is 0.106. The molecule has 2 N–H and O–H groups in total. The summed E-state index contributed by atoms with van der Waals surface area (Å²) in [4.78, 5) is 17.8. The highest BCUT2D eigenvalue weighted by molar-refractivity contribution is 7.18. The number of hydrogen-bond donors (Lipinski definition) is 2. The van der Waals surface area contributed by atoms with Crippen molar-refractivity contribution >= 4 is 27.5 Å². The Bertz CT molecular complexity index is 577. The molecule has 3 atom stereocenters. The van der Waals surface area contributed by atoms with Crippen molar-refractivity contribution < 1.29 is 9.69 Å². The lowest BCUT2D eigenvalue weighted by atomic mass is 10.2. The van der Waals surface area contributed by atoms with Gasteiger partial charge in [0.2, 0.25) is 0 Å². The predicted octanol–water partition coefficient (Wildman–Crippen LogP) is 1.79. The maximum Gasteiger partial charge on any atom is 0.275 e. The van der Waals surface area contributed by atoms with Gasteiger partial charge in [0, 0.05) is 6.04 Å². The molecule has 114 valence electrons. The number of carbonyl (C=O) groups excluding carboxylic acids is 1. The Hall–Kier alpha value is -1.46. The van der Waals surface area contributed by atoms with Gasteiger partial charge in [0.25, 0.3) is 5.91 Å². The van der Waals surface area contributed by atoms with E-state index in [1.807, 2.05) is 32.2 Å². The maximum atomic E-state index is 12.0. The molecule has 1 aromatic carbocycles. The van der Waals surface area contributed by atoms with E-state index in [2.05, 4.69) is 30.2 Å². The highest BCUT2D eigenvalue weighted by atomic mass is 32.1. The number of carbonyl (C=O) groups is 1. The zero-order valence-corrected chi connectivity index (χ0v) is 14.0. The molecule has 1 unspecified atom stereocenters. The Morgan fingerprint density at radius 2 is 2.10 bits per heavy atom. The first-order valence-corrected chi connectivity index (χ1v) is 8.30. The van der Waals surface area contributed by atoms with Crippen LogP contribution in [0.5, 0.6) is 0 Å². The lowest BCUT2D eigenvalue weighted by Gasteiger charge is -2.20. The van der Waals surface area contributed by atoms with Crippen LogP contribution >= 0.6 is 11.3 Å². The molecular formula is C16H24N3OS+. The summed E-state index contributed by atoms with van der Waals surface area (Å²) in [6, 6.07) is 8.62. The fraction of sp³-hybridized carbons (Fsp3) is 0.500. The Balaban J connectivity index is 2.01. The molecule has 1 aromatic heterocycles. The van der Waals surface area contributed by atoms with Crippen LogP contribution in [0.15, 0.2) is 24.3 Å². The van der Waals surface area contributed by atoms with Gasteiger partial charge in [0.15, 0.2) is 11.6 Å². The second-order valence-electron chi connectivity index (χ2n) is 5.64. The van der Waals surface area contributed by atoms with Gasteiger partial charge in [-0.05, 0) is 32.4 Å². The molecule has 1 amide bonds. The number of likely N-dealkylation sites (N-methyl/N-ethyl adjacent to an activating group) is 1. The average Bonchev–Trinajstić information content (AvgIpc) is 2.89. The standard InChI is InChI=1S/C16H23N3OS/c1-5-11(2)17-15(20)10-19(4)12(3)16-18-13-8-6-7-9-14(13)21-16/h6-9,11-12H,5,10H2,1-4H3,(H,17,20)/p+1/t11-,12-/m0/s1. The number of para-hydroxylation sites is 1. The molecule has 0 aliphatic rings. The van der Waals surface area contributed by atoms with Crippen molar-refractivity contribution in [2.24, 2.45) is 0 Å². The van der Waals surface area contributed by atoms with Gasteiger partial charge in [-0.15, -0.1) is 11.3 Å². The van der Waals surface area contributed by atoms with Gasteiger partial charge in [-0.1, -0.05) is 19.1 Å². The number of hydrogen-bond acceptors (Lipinski definition) is 3. The number of benzene rings is 1. The molecule has 0 spiro atoms. The summed E-state index contributed by atoms with van der Waals surface area (Å²) in [5, 5.41) is 4.10. The number of fused-ring (bicyclic) bond motifs is 1. The van der Waals surface area contributed by atoms with Crippen LogP contribution < -0.4 is 10.2 Å². The summed E-state index contributed by atoms with van der Waals surface area (Å²) in [5.74, 6) is 0.106. The van der Waals surface area contributed by atoms with Gasteiger partial charge in [-0.3, -0.25) is 4.79 Å². The Kier molecular flexibility index (Phi) is 5.31. The first-order valence-electron chi connectivity index (χ1n) is 7.48. The van der Waals surface area contributed by atoms with Crippen LogP contribution in [0, 0.1) is 0 Å². The molecule has 0 saturated carbocycles. The van der Waals surface area contributed by atoms with Crippen molar-refractivity contribution in [3.63, 3.8) is 0 Å². The number of nitrogens with zero attached hydrogens (tertiary/aromatic N) is 1. The van der Waals surface area contributed by atoms with Gasteiger partial charge in [0.05, 0.1) is 17.3 Å². The second kappa shape index (κ2) is 7.00. The van der Waals surface area contributed by atoms with Crippen molar-refractivity contribution in [2.45, 2.75) is 39.3 Å². The number of quaternary nitrogens is 1. The lowest BCUT2D eigenvalue weighted by molar-refractivity contribution is -0.902. The van der Waals surface area contributed by atoms with Crippen LogP contribution in [-0.2, 0) is 4.79 Å². The van der Waals surface area contributed by atoms with E-state index in [1.165, 1.54) is 4.70 Å². The summed E-state index contributed by atoms with van der Waals surface area (Å²) >= 11 is 1.72. The molecule has 1 heterocycles. The lowest BCUT2D eigenvalue weighted by Crippen LogP contribution is -3.10. The summed E-state index contributed by atoms with van der Waals surface area (Å²) in [6.45, 7) is 6.71. The monoisotopic (exact) mass is 306 g/mol. The fourth-order valence-electron chi connectivity index (χ4n) is 2.12. The topological polar surface area (TPSA) is 46.4 Å². The molecule has 2 aromatic rings. The van der Waals surface area contributed by atoms with E-state index in [4.69, 9.17) is 0 Å². The minimum absolute atomic E-state index is 0.106. The van der Waals surface area contributed by atoms with Crippen molar-refractivity contribution in [1.29, 1.82) is 0 Å².